The Morgan fingerprint density at radius 3 is 2.42 bits per heavy atom. The number of nitrogen functional groups attached to an aromatic ring is 2. The average molecular weight is 257 g/mol. The van der Waals surface area contributed by atoms with Crippen LogP contribution in [-0.4, -0.2) is 5.11 Å². The molecule has 0 heterocycles. The molecule has 19 heavy (non-hydrogen) atoms. The molecule has 0 radical (unpaired) electrons. The summed E-state index contributed by atoms with van der Waals surface area (Å²) in [4.78, 5) is 0. The molecule has 0 bridgehead atoms. The van der Waals surface area contributed by atoms with Gasteiger partial charge in [-0.15, -0.1) is 0 Å². The van der Waals surface area contributed by atoms with Crippen LogP contribution in [0.15, 0.2) is 42.5 Å². The Kier molecular flexibility index (Phi) is 3.92. The van der Waals surface area contributed by atoms with Gasteiger partial charge in [-0.2, -0.15) is 0 Å². The molecule has 0 aliphatic carbocycles. The molecule has 0 amide bonds. The van der Waals surface area contributed by atoms with Gasteiger partial charge in [-0.1, -0.05) is 12.1 Å². The third-order valence-corrected chi connectivity index (χ3v) is 3.04. The maximum atomic E-state index is 9.44. The van der Waals surface area contributed by atoms with Crippen LogP contribution in [0.3, 0.4) is 0 Å². The number of hydrogen-bond acceptors (Lipinski definition) is 4. The smallest absolute Gasteiger partial charge is 0.0761 e. The summed E-state index contributed by atoms with van der Waals surface area (Å²) >= 11 is 0. The first-order chi connectivity index (χ1) is 9.06. The number of hydrogen-bond donors (Lipinski definition) is 4. The maximum absolute atomic E-state index is 9.44. The first kappa shape index (κ1) is 13.2. The highest BCUT2D eigenvalue weighted by Crippen LogP contribution is 2.19. The summed E-state index contributed by atoms with van der Waals surface area (Å²) in [6.45, 7) is 2.36. The molecule has 6 N–H and O–H groups in total. The van der Waals surface area contributed by atoms with Gasteiger partial charge in [-0.25, -0.2) is 0 Å². The SMILES string of the molecule is CC(O)c1ccc(NCc2cc(N)ccc2N)cc1. The van der Waals surface area contributed by atoms with E-state index in [4.69, 9.17) is 11.5 Å². The Hall–Kier alpha value is -2.20. The number of benzene rings is 2. The molecule has 0 fully saturated rings. The second kappa shape index (κ2) is 5.63. The molecule has 0 saturated heterocycles. The molecular formula is C15H19N3O. The van der Waals surface area contributed by atoms with Gasteiger partial charge in [-0.3, -0.25) is 0 Å². The molecule has 2 rings (SSSR count). The molecule has 4 heteroatoms. The normalized spacial score (nSPS) is 12.1. The van der Waals surface area contributed by atoms with Gasteiger partial charge in [0.2, 0.25) is 0 Å². The fraction of sp³-hybridized carbons (Fsp3) is 0.200. The van der Waals surface area contributed by atoms with E-state index in [2.05, 4.69) is 5.32 Å². The van der Waals surface area contributed by atoms with Crippen LogP contribution >= 0.6 is 0 Å². The second-order valence-electron chi connectivity index (χ2n) is 4.61. The number of aliphatic hydroxyl groups excluding tert-OH is 1. The summed E-state index contributed by atoms with van der Waals surface area (Å²) in [5.41, 5.74) is 15.9. The molecule has 1 unspecified atom stereocenters. The van der Waals surface area contributed by atoms with E-state index >= 15 is 0 Å². The largest absolute Gasteiger partial charge is 0.399 e. The highest BCUT2D eigenvalue weighted by atomic mass is 16.3. The molecule has 4 nitrogen and oxygen atoms in total. The van der Waals surface area contributed by atoms with Crippen LogP contribution in [0, 0.1) is 0 Å². The lowest BCUT2D eigenvalue weighted by molar-refractivity contribution is 0.199. The van der Waals surface area contributed by atoms with Crippen molar-refractivity contribution in [2.24, 2.45) is 0 Å². The number of anilines is 3. The van der Waals surface area contributed by atoms with Crippen molar-refractivity contribution < 1.29 is 5.11 Å². The topological polar surface area (TPSA) is 84.3 Å². The molecule has 0 aliphatic rings. The van der Waals surface area contributed by atoms with Crippen molar-refractivity contribution in [3.05, 3.63) is 53.6 Å². The van der Waals surface area contributed by atoms with E-state index in [1.54, 1.807) is 13.0 Å². The zero-order valence-corrected chi connectivity index (χ0v) is 10.9. The zero-order chi connectivity index (χ0) is 13.8. The quantitative estimate of drug-likeness (QED) is 0.634. The average Bonchev–Trinajstić information content (AvgIpc) is 2.40. The van der Waals surface area contributed by atoms with Crippen LogP contribution in [0.5, 0.6) is 0 Å². The Bertz CT molecular complexity index is 550. The van der Waals surface area contributed by atoms with Crippen molar-refractivity contribution in [2.45, 2.75) is 19.6 Å². The van der Waals surface area contributed by atoms with Gasteiger partial charge in [0.15, 0.2) is 0 Å². The fourth-order valence-electron chi connectivity index (χ4n) is 1.86. The predicted octanol–water partition coefficient (Wildman–Crippen LogP) is 2.52. The van der Waals surface area contributed by atoms with E-state index in [1.807, 2.05) is 36.4 Å². The summed E-state index contributed by atoms with van der Waals surface area (Å²) in [6.07, 6.45) is -0.446. The maximum Gasteiger partial charge on any atom is 0.0761 e. The number of nitrogens with one attached hydrogen (secondary N) is 1. The van der Waals surface area contributed by atoms with E-state index in [-0.39, 0.29) is 0 Å². The third-order valence-electron chi connectivity index (χ3n) is 3.04. The van der Waals surface area contributed by atoms with E-state index in [0.29, 0.717) is 12.2 Å². The number of nitrogens with two attached hydrogens (primary N) is 2. The van der Waals surface area contributed by atoms with E-state index in [9.17, 15) is 5.11 Å². The monoisotopic (exact) mass is 257 g/mol. The summed E-state index contributed by atoms with van der Waals surface area (Å²) in [5.74, 6) is 0. The summed E-state index contributed by atoms with van der Waals surface area (Å²) in [7, 11) is 0. The fourth-order valence-corrected chi connectivity index (χ4v) is 1.86. The highest BCUT2D eigenvalue weighted by molar-refractivity contribution is 5.57. The summed E-state index contributed by atoms with van der Waals surface area (Å²) in [5, 5.41) is 12.7. The standard InChI is InChI=1S/C15H19N3O/c1-10(19)11-2-5-14(6-3-11)18-9-12-8-13(16)4-7-15(12)17/h2-8,10,18-19H,9,16-17H2,1H3. The van der Waals surface area contributed by atoms with Crippen LogP contribution in [0.2, 0.25) is 0 Å². The number of aliphatic hydroxyl groups is 1. The lowest BCUT2D eigenvalue weighted by Crippen LogP contribution is -2.04. The van der Waals surface area contributed by atoms with Gasteiger partial charge in [-0.05, 0) is 48.4 Å². The van der Waals surface area contributed by atoms with Crippen LogP contribution in [0.4, 0.5) is 17.1 Å². The predicted molar refractivity (Wildman–Crippen MR) is 79.7 cm³/mol. The lowest BCUT2D eigenvalue weighted by Gasteiger charge is -2.11. The van der Waals surface area contributed by atoms with E-state index in [0.717, 1.165) is 22.5 Å². The molecule has 0 spiro atoms. The molecule has 2 aromatic carbocycles. The van der Waals surface area contributed by atoms with Crippen molar-refractivity contribution in [3.63, 3.8) is 0 Å². The Labute approximate surface area is 113 Å². The van der Waals surface area contributed by atoms with Crippen LogP contribution in [-0.2, 0) is 6.54 Å². The summed E-state index contributed by atoms with van der Waals surface area (Å²) in [6, 6.07) is 13.1. The van der Waals surface area contributed by atoms with Crippen LogP contribution in [0.25, 0.3) is 0 Å². The minimum absolute atomic E-state index is 0.446. The molecule has 1 atom stereocenters. The van der Waals surface area contributed by atoms with Gasteiger partial charge in [0.25, 0.3) is 0 Å². The second-order valence-corrected chi connectivity index (χ2v) is 4.61. The van der Waals surface area contributed by atoms with Crippen molar-refractivity contribution >= 4 is 17.1 Å². The first-order valence-corrected chi connectivity index (χ1v) is 6.22. The molecule has 0 aliphatic heterocycles. The minimum Gasteiger partial charge on any atom is -0.399 e. The van der Waals surface area contributed by atoms with Crippen molar-refractivity contribution in [1.29, 1.82) is 0 Å². The number of rotatable bonds is 4. The van der Waals surface area contributed by atoms with Gasteiger partial charge >= 0.3 is 0 Å². The van der Waals surface area contributed by atoms with E-state index in [1.165, 1.54) is 0 Å². The Balaban J connectivity index is 2.04. The van der Waals surface area contributed by atoms with Gasteiger partial charge in [0, 0.05) is 23.6 Å². The van der Waals surface area contributed by atoms with Gasteiger partial charge in [0.1, 0.15) is 0 Å². The van der Waals surface area contributed by atoms with Crippen molar-refractivity contribution in [3.8, 4) is 0 Å². The Morgan fingerprint density at radius 2 is 1.79 bits per heavy atom. The van der Waals surface area contributed by atoms with Crippen molar-refractivity contribution in [2.75, 3.05) is 16.8 Å². The highest BCUT2D eigenvalue weighted by Gasteiger charge is 2.02. The minimum atomic E-state index is -0.446. The zero-order valence-electron chi connectivity index (χ0n) is 10.9. The van der Waals surface area contributed by atoms with Gasteiger partial charge < -0.3 is 21.9 Å². The third kappa shape index (κ3) is 3.39. The summed E-state index contributed by atoms with van der Waals surface area (Å²) < 4.78 is 0. The van der Waals surface area contributed by atoms with Gasteiger partial charge in [0.05, 0.1) is 6.10 Å². The van der Waals surface area contributed by atoms with Crippen LogP contribution in [0.1, 0.15) is 24.2 Å². The molecular weight excluding hydrogens is 238 g/mol. The molecule has 2 aromatic rings. The first-order valence-electron chi connectivity index (χ1n) is 6.22. The van der Waals surface area contributed by atoms with Crippen molar-refractivity contribution in [1.82, 2.24) is 0 Å². The lowest BCUT2D eigenvalue weighted by atomic mass is 10.1. The molecule has 0 aromatic heterocycles. The molecule has 100 valence electrons. The Morgan fingerprint density at radius 1 is 1.11 bits per heavy atom. The van der Waals surface area contributed by atoms with Crippen LogP contribution < -0.4 is 16.8 Å². The van der Waals surface area contributed by atoms with E-state index < -0.39 is 6.10 Å². The molecule has 0 saturated carbocycles.